The Morgan fingerprint density at radius 1 is 1.05 bits per heavy atom. The molecule has 22 heavy (non-hydrogen) atoms. The number of ether oxygens (including phenoxy) is 1. The van der Waals surface area contributed by atoms with Gasteiger partial charge in [-0.3, -0.25) is 0 Å². The number of methoxy groups -OCH3 is 1. The molecule has 2 aromatic rings. The Morgan fingerprint density at radius 2 is 1.68 bits per heavy atom. The Labute approximate surface area is 131 Å². The highest BCUT2D eigenvalue weighted by molar-refractivity contribution is 5.35. The van der Waals surface area contributed by atoms with Crippen molar-refractivity contribution in [2.75, 3.05) is 20.3 Å². The van der Waals surface area contributed by atoms with Crippen molar-refractivity contribution in [3.63, 3.8) is 0 Å². The second-order valence-corrected chi connectivity index (χ2v) is 6.16. The van der Waals surface area contributed by atoms with Crippen LogP contribution in [0.1, 0.15) is 30.0 Å². The molecule has 1 unspecified atom stereocenters. The van der Waals surface area contributed by atoms with Gasteiger partial charge in [0.25, 0.3) is 0 Å². The summed E-state index contributed by atoms with van der Waals surface area (Å²) in [4.78, 5) is 0. The summed E-state index contributed by atoms with van der Waals surface area (Å²) in [6, 6.07) is 18.8. The van der Waals surface area contributed by atoms with Gasteiger partial charge >= 0.3 is 0 Å². The summed E-state index contributed by atoms with van der Waals surface area (Å²) in [5, 5.41) is 13.2. The lowest BCUT2D eigenvalue weighted by Gasteiger charge is -2.23. The van der Waals surface area contributed by atoms with Crippen LogP contribution in [0.15, 0.2) is 54.6 Å². The molecule has 3 nitrogen and oxygen atoms in total. The van der Waals surface area contributed by atoms with Crippen LogP contribution in [0.2, 0.25) is 0 Å². The molecule has 2 N–H and O–H groups in total. The van der Waals surface area contributed by atoms with E-state index in [0.29, 0.717) is 0 Å². The molecule has 0 radical (unpaired) electrons. The fraction of sp³-hybridized carbons (Fsp3) is 0.368. The van der Waals surface area contributed by atoms with Crippen LogP contribution in [-0.4, -0.2) is 25.4 Å². The van der Waals surface area contributed by atoms with Crippen molar-refractivity contribution < 1.29 is 9.84 Å². The minimum Gasteiger partial charge on any atom is -0.497 e. The van der Waals surface area contributed by atoms with Crippen LogP contribution in [0.3, 0.4) is 0 Å². The maximum absolute atomic E-state index is 9.52. The molecule has 1 aliphatic carbocycles. The van der Waals surface area contributed by atoms with Crippen LogP contribution in [-0.2, 0) is 0 Å². The van der Waals surface area contributed by atoms with Gasteiger partial charge in [0.2, 0.25) is 0 Å². The van der Waals surface area contributed by atoms with E-state index in [1.807, 2.05) is 18.2 Å². The second kappa shape index (κ2) is 6.51. The lowest BCUT2D eigenvalue weighted by Crippen LogP contribution is -2.30. The fourth-order valence-corrected chi connectivity index (χ4v) is 2.76. The molecule has 3 rings (SSSR count). The Bertz CT molecular complexity index is 591. The third kappa shape index (κ3) is 3.32. The summed E-state index contributed by atoms with van der Waals surface area (Å²) in [7, 11) is 1.68. The topological polar surface area (TPSA) is 41.5 Å². The summed E-state index contributed by atoms with van der Waals surface area (Å²) in [5.41, 5.74) is 2.54. The van der Waals surface area contributed by atoms with E-state index in [2.05, 4.69) is 41.7 Å². The van der Waals surface area contributed by atoms with Crippen molar-refractivity contribution in [3.05, 3.63) is 65.7 Å². The highest BCUT2D eigenvalue weighted by Gasteiger charge is 2.42. The Morgan fingerprint density at radius 3 is 2.23 bits per heavy atom. The zero-order valence-corrected chi connectivity index (χ0v) is 13.0. The molecule has 0 heterocycles. The molecule has 0 aliphatic heterocycles. The molecule has 0 spiro atoms. The van der Waals surface area contributed by atoms with Crippen LogP contribution in [0, 0.1) is 5.41 Å². The number of aliphatic hydroxyl groups is 1. The number of aliphatic hydroxyl groups excluding tert-OH is 1. The van der Waals surface area contributed by atoms with Crippen molar-refractivity contribution in [2.24, 2.45) is 5.41 Å². The van der Waals surface area contributed by atoms with Gasteiger partial charge in [-0.25, -0.2) is 0 Å². The second-order valence-electron chi connectivity index (χ2n) is 6.16. The Kier molecular flexibility index (Phi) is 4.46. The normalized spacial score (nSPS) is 17.0. The maximum atomic E-state index is 9.52. The van der Waals surface area contributed by atoms with Gasteiger partial charge in [0.15, 0.2) is 0 Å². The molecule has 2 aromatic carbocycles. The molecular weight excluding hydrogens is 274 g/mol. The zero-order valence-electron chi connectivity index (χ0n) is 13.0. The minimum atomic E-state index is 0.0967. The fourth-order valence-electron chi connectivity index (χ4n) is 2.76. The van der Waals surface area contributed by atoms with E-state index in [1.54, 1.807) is 7.11 Å². The van der Waals surface area contributed by atoms with Crippen molar-refractivity contribution in [3.8, 4) is 5.75 Å². The number of benzene rings is 2. The summed E-state index contributed by atoms with van der Waals surface area (Å²) < 4.78 is 5.24. The van der Waals surface area contributed by atoms with Gasteiger partial charge in [-0.15, -0.1) is 0 Å². The van der Waals surface area contributed by atoms with Crippen LogP contribution in [0.4, 0.5) is 0 Å². The van der Waals surface area contributed by atoms with Crippen molar-refractivity contribution in [1.29, 1.82) is 0 Å². The van der Waals surface area contributed by atoms with Gasteiger partial charge < -0.3 is 15.2 Å². The van der Waals surface area contributed by atoms with Crippen LogP contribution in [0.5, 0.6) is 5.75 Å². The number of nitrogens with one attached hydrogen (secondary N) is 1. The molecule has 1 saturated carbocycles. The van der Waals surface area contributed by atoms with E-state index in [1.165, 1.54) is 11.1 Å². The first kappa shape index (κ1) is 15.1. The molecule has 1 aliphatic rings. The van der Waals surface area contributed by atoms with Gasteiger partial charge in [-0.05, 0) is 36.1 Å². The van der Waals surface area contributed by atoms with E-state index in [0.717, 1.165) is 25.1 Å². The monoisotopic (exact) mass is 297 g/mol. The summed E-state index contributed by atoms with van der Waals surface area (Å²) in [6.45, 7) is 1.11. The zero-order chi connectivity index (χ0) is 15.4. The summed E-state index contributed by atoms with van der Waals surface area (Å²) >= 11 is 0. The Balaban J connectivity index is 1.82. The first-order valence-electron chi connectivity index (χ1n) is 7.79. The minimum absolute atomic E-state index is 0.0967. The van der Waals surface area contributed by atoms with Gasteiger partial charge in [-0.2, -0.15) is 0 Å². The molecule has 3 heteroatoms. The van der Waals surface area contributed by atoms with Gasteiger partial charge in [0.05, 0.1) is 13.2 Å². The number of hydrogen-bond donors (Lipinski definition) is 2. The van der Waals surface area contributed by atoms with E-state index in [9.17, 15) is 5.11 Å². The van der Waals surface area contributed by atoms with E-state index in [4.69, 9.17) is 4.74 Å². The van der Waals surface area contributed by atoms with Gasteiger partial charge in [0.1, 0.15) is 5.75 Å². The van der Waals surface area contributed by atoms with E-state index < -0.39 is 0 Å². The molecule has 1 fully saturated rings. The van der Waals surface area contributed by atoms with Gasteiger partial charge in [-0.1, -0.05) is 42.5 Å². The van der Waals surface area contributed by atoms with Crippen LogP contribution >= 0.6 is 0 Å². The standard InChI is InChI=1S/C19H23NO2/c1-22-17-9-7-16(8-10-17)18(15-5-3-2-4-6-15)20-13-19(14-21)11-12-19/h2-10,18,20-21H,11-14H2,1H3. The lowest BCUT2D eigenvalue weighted by atomic mass is 9.97. The molecule has 0 bridgehead atoms. The van der Waals surface area contributed by atoms with Crippen LogP contribution < -0.4 is 10.1 Å². The van der Waals surface area contributed by atoms with E-state index >= 15 is 0 Å². The highest BCUT2D eigenvalue weighted by Crippen LogP contribution is 2.44. The lowest BCUT2D eigenvalue weighted by molar-refractivity contribution is 0.205. The number of rotatable bonds is 7. The number of hydrogen-bond acceptors (Lipinski definition) is 3. The van der Waals surface area contributed by atoms with Crippen molar-refractivity contribution >= 4 is 0 Å². The SMILES string of the molecule is COc1ccc(C(NCC2(CO)CC2)c2ccccc2)cc1. The maximum Gasteiger partial charge on any atom is 0.118 e. The molecule has 116 valence electrons. The van der Waals surface area contributed by atoms with Crippen molar-refractivity contribution in [2.45, 2.75) is 18.9 Å². The molecular formula is C19H23NO2. The summed E-state index contributed by atoms with van der Waals surface area (Å²) in [6.07, 6.45) is 2.22. The predicted molar refractivity (Wildman–Crippen MR) is 88.0 cm³/mol. The average molecular weight is 297 g/mol. The predicted octanol–water partition coefficient (Wildman–Crippen LogP) is 3.15. The third-order valence-electron chi connectivity index (χ3n) is 4.56. The molecule has 0 saturated heterocycles. The quantitative estimate of drug-likeness (QED) is 0.825. The highest BCUT2D eigenvalue weighted by atomic mass is 16.5. The van der Waals surface area contributed by atoms with E-state index in [-0.39, 0.29) is 18.1 Å². The van der Waals surface area contributed by atoms with Crippen LogP contribution in [0.25, 0.3) is 0 Å². The smallest absolute Gasteiger partial charge is 0.118 e. The molecule has 1 atom stereocenters. The largest absolute Gasteiger partial charge is 0.497 e. The molecule has 0 amide bonds. The third-order valence-corrected chi connectivity index (χ3v) is 4.56. The first-order chi connectivity index (χ1) is 10.8. The van der Waals surface area contributed by atoms with Crippen molar-refractivity contribution in [1.82, 2.24) is 5.32 Å². The summed E-state index contributed by atoms with van der Waals surface area (Å²) in [5.74, 6) is 0.865. The molecule has 0 aromatic heterocycles. The average Bonchev–Trinajstić information content (AvgIpc) is 3.37. The van der Waals surface area contributed by atoms with Gasteiger partial charge in [0, 0.05) is 18.6 Å². The Hall–Kier alpha value is -1.84. The first-order valence-corrected chi connectivity index (χ1v) is 7.79.